The zero-order chi connectivity index (χ0) is 88.5. The highest BCUT2D eigenvalue weighted by atomic mass is 35.5. The molecule has 29 heteroatoms. The van der Waals surface area contributed by atoms with Gasteiger partial charge in [-0.2, -0.15) is 15.3 Å². The van der Waals surface area contributed by atoms with Gasteiger partial charge in [-0.3, -0.25) is 28.4 Å². The van der Waals surface area contributed by atoms with E-state index < -0.39 is 5.97 Å². The number of carboxylic acid groups (broad SMARTS) is 1. The van der Waals surface area contributed by atoms with Crippen LogP contribution in [0, 0.1) is 0 Å². The van der Waals surface area contributed by atoms with E-state index in [0.29, 0.717) is 131 Å². The van der Waals surface area contributed by atoms with E-state index in [2.05, 4.69) is 46.7 Å². The first-order valence-corrected chi connectivity index (χ1v) is 41.1. The lowest BCUT2D eigenvalue weighted by atomic mass is 10.1. The molecule has 25 nitrogen and oxygen atoms in total. The molecule has 650 valence electrons. The lowest BCUT2D eigenvalue weighted by Crippen LogP contribution is -2.31. The van der Waals surface area contributed by atoms with Gasteiger partial charge in [-0.15, -0.1) is 0 Å². The van der Waals surface area contributed by atoms with Crippen LogP contribution in [0.15, 0.2) is 146 Å². The van der Waals surface area contributed by atoms with E-state index in [1.807, 2.05) is 170 Å². The number of aromatic carboxylic acids is 1. The van der Waals surface area contributed by atoms with E-state index in [9.17, 15) is 19.2 Å². The van der Waals surface area contributed by atoms with Crippen LogP contribution >= 0.6 is 46.4 Å². The van der Waals surface area contributed by atoms with Crippen LogP contribution < -0.4 is 63.7 Å². The zero-order valence-electron chi connectivity index (χ0n) is 72.4. The van der Waals surface area contributed by atoms with Crippen molar-refractivity contribution in [3.8, 4) is 57.5 Å². The van der Waals surface area contributed by atoms with Gasteiger partial charge in [0.25, 0.3) is 11.8 Å². The Morgan fingerprint density at radius 3 is 1.18 bits per heavy atom. The first kappa shape index (κ1) is 99.9. The number of benzene rings is 7. The molecule has 0 fully saturated rings. The second-order valence-electron chi connectivity index (χ2n) is 28.2. The van der Waals surface area contributed by atoms with Crippen molar-refractivity contribution in [3.05, 3.63) is 239 Å². The van der Waals surface area contributed by atoms with Crippen molar-refractivity contribution < 1.29 is 71.7 Å². The number of methoxy groups -OCH3 is 6. The number of hydrogen-bond acceptors (Lipinski definition) is 19. The molecule has 10 rings (SSSR count). The number of carboxylic acids is 1. The maximum atomic E-state index is 13.8. The number of carbonyl (C=O) groups is 4. The Morgan fingerprint density at radius 2 is 0.800 bits per heavy atom. The molecule has 7 aromatic carbocycles. The number of aryl methyl sites for hydroxylation is 3. The number of halogens is 4. The number of aldehydes is 1. The van der Waals surface area contributed by atoms with Gasteiger partial charge >= 0.3 is 5.97 Å². The fourth-order valence-electron chi connectivity index (χ4n) is 11.2. The summed E-state index contributed by atoms with van der Waals surface area (Å²) < 4.78 is 58.5. The monoisotopic (exact) mass is 1730 g/mol. The molecule has 0 radical (unpaired) electrons. The number of ether oxygens (including phenoxy) is 10. The van der Waals surface area contributed by atoms with E-state index in [-0.39, 0.29) is 35.3 Å². The second-order valence-corrected chi connectivity index (χ2v) is 29.8. The van der Waals surface area contributed by atoms with Gasteiger partial charge in [-0.1, -0.05) is 146 Å². The summed E-state index contributed by atoms with van der Waals surface area (Å²) in [7, 11) is 15.0. The van der Waals surface area contributed by atoms with E-state index in [4.69, 9.17) is 105 Å². The summed E-state index contributed by atoms with van der Waals surface area (Å²) in [6.07, 6.45) is 4.48. The molecule has 0 saturated carbocycles. The predicted molar refractivity (Wildman–Crippen MR) is 475 cm³/mol. The molecule has 5 N–H and O–H groups in total. The normalized spacial score (nSPS) is 10.6. The minimum atomic E-state index is -0.933. The van der Waals surface area contributed by atoms with Crippen LogP contribution in [0.3, 0.4) is 0 Å². The van der Waals surface area contributed by atoms with Crippen LogP contribution in [-0.2, 0) is 60.4 Å². The largest absolute Gasteiger partial charge is 0.497 e. The number of carbonyl (C=O) groups excluding carboxylic acids is 3. The SMILES string of the molecule is CC(C)c1cc(C(=O)O)n(C)n1.CCCOc1ccc(C=O)cc1Cl.CCCOc1ccc(CN(Cc2ccc(OC)cc2OC)C(=O)c2cc(C(C)C)nn2C)cc1Cl.CCCOc1ccc(CNC(=O)c2cc(C(C)C)nn2C)cc1Cl.CCCOc1ccc(CNCc2ccc(OC)cc2OC)cc1Cl.COc1ccc(CN)c(OC)c1. The molecule has 0 spiro atoms. The molecule has 0 bridgehead atoms. The van der Waals surface area contributed by atoms with Gasteiger partial charge in [0.15, 0.2) is 0 Å². The molecule has 3 heterocycles. The highest BCUT2D eigenvalue weighted by Gasteiger charge is 2.25. The number of amides is 2. The highest BCUT2D eigenvalue weighted by molar-refractivity contribution is 6.33. The lowest BCUT2D eigenvalue weighted by Gasteiger charge is -2.24. The van der Waals surface area contributed by atoms with Crippen LogP contribution in [0.4, 0.5) is 0 Å². The van der Waals surface area contributed by atoms with E-state index in [1.165, 1.54) is 4.68 Å². The van der Waals surface area contributed by atoms with E-state index in [0.717, 1.165) is 111 Å². The first-order valence-electron chi connectivity index (χ1n) is 39.5. The Balaban J connectivity index is 0.000000269. The summed E-state index contributed by atoms with van der Waals surface area (Å²) in [6, 6.07) is 44.3. The van der Waals surface area contributed by atoms with Crippen LogP contribution in [-0.4, -0.2) is 133 Å². The maximum absolute atomic E-state index is 13.8. The molecule has 0 atom stereocenters. The van der Waals surface area contributed by atoms with Gasteiger partial charge in [0.05, 0.1) is 113 Å². The van der Waals surface area contributed by atoms with Crippen LogP contribution in [0.5, 0.6) is 57.5 Å². The van der Waals surface area contributed by atoms with Crippen molar-refractivity contribution >= 4 is 70.5 Å². The Morgan fingerprint density at radius 1 is 0.433 bits per heavy atom. The van der Waals surface area contributed by atoms with Gasteiger partial charge in [0.1, 0.15) is 80.9 Å². The highest BCUT2D eigenvalue weighted by Crippen LogP contribution is 2.33. The Labute approximate surface area is 726 Å². The van der Waals surface area contributed by atoms with Gasteiger partial charge in [-0.25, -0.2) is 4.79 Å². The van der Waals surface area contributed by atoms with Gasteiger partial charge in [0.2, 0.25) is 0 Å². The van der Waals surface area contributed by atoms with Crippen LogP contribution in [0.1, 0.15) is 205 Å². The molecule has 120 heavy (non-hydrogen) atoms. The molecule has 0 saturated heterocycles. The molecule has 0 aliphatic carbocycles. The summed E-state index contributed by atoms with van der Waals surface area (Å²) >= 11 is 24.8. The number of rotatable bonds is 36. The lowest BCUT2D eigenvalue weighted by molar-refractivity contribution is 0.0682. The minimum Gasteiger partial charge on any atom is -0.497 e. The Hall–Kier alpha value is -10.7. The number of hydrogen-bond donors (Lipinski definition) is 4. The summed E-state index contributed by atoms with van der Waals surface area (Å²) in [6.45, 7) is 25.9. The zero-order valence-corrected chi connectivity index (χ0v) is 75.5. The van der Waals surface area contributed by atoms with Crippen LogP contribution in [0.25, 0.3) is 0 Å². The quantitative estimate of drug-likeness (QED) is 0.0265. The molecular weight excluding hydrogens is 1610 g/mol. The van der Waals surface area contributed by atoms with Crippen LogP contribution in [0.2, 0.25) is 20.1 Å². The van der Waals surface area contributed by atoms with Crippen molar-refractivity contribution in [2.45, 2.75) is 152 Å². The second kappa shape index (κ2) is 52.4. The number of aromatic nitrogens is 6. The Bertz CT molecular complexity index is 4860. The third-order valence-corrected chi connectivity index (χ3v) is 19.1. The fourth-order valence-corrected chi connectivity index (χ4v) is 12.2. The van der Waals surface area contributed by atoms with Gasteiger partial charge in [-0.05, 0) is 157 Å². The number of nitrogens with two attached hydrogens (primary N) is 1. The molecule has 10 aromatic rings. The molecule has 2 amide bonds. The summed E-state index contributed by atoms with van der Waals surface area (Å²) in [5.41, 5.74) is 15.8. The summed E-state index contributed by atoms with van der Waals surface area (Å²) in [5, 5.41) is 30.2. The number of nitrogens with zero attached hydrogens (tertiary/aromatic N) is 7. The molecule has 0 aliphatic heterocycles. The molecule has 0 unspecified atom stereocenters. The molecular formula is C91H118Cl4N10O15. The Kier molecular flexibility index (Phi) is 43.6. The van der Waals surface area contributed by atoms with Crippen molar-refractivity contribution in [3.63, 3.8) is 0 Å². The summed E-state index contributed by atoms with van der Waals surface area (Å²) in [5.74, 6) is 6.71. The standard InChI is InChI=1S/C27H34ClN3O4.C19H24ClNO3.C18H24ClN3O2.C10H11ClO2.C9H13NO2.C8H12N2O2/c1-7-12-35-25-11-8-19(13-22(25)28)16-31(17-20-9-10-21(33-5)14-26(20)34-6)27(32)24-15-23(18(2)3)29-30(24)4;1-4-9-24-18-8-5-14(10-17(18)20)12-21-13-15-6-7-16(22-2)11-19(15)23-3;1-5-8-24-17-7-6-13(9-14(17)19)11-20-18(23)16-10-15(12(2)3)21-22(16)4;1-2-5-13-10-4-3-8(7-12)6-9(10)11;1-11-8-4-3-7(6-10)9(5-8)12-2;1-5(2)6-4-7(8(11)12)10(3)9-6/h8-11,13-15,18H,7,12,16-17H2,1-6H3;5-8,10-11,21H,4,9,12-13H2,1-3H3;6-7,9-10,12H,5,8,11H2,1-4H3,(H,20,23);3-4,6-7H,2,5H2,1H3;3-5H,6,10H2,1-2H3;4-5H,1-3H3,(H,11,12). The van der Waals surface area contributed by atoms with Gasteiger partial charge < -0.3 is 73.7 Å². The molecule has 3 aromatic heterocycles. The first-order chi connectivity index (χ1) is 57.5. The smallest absolute Gasteiger partial charge is 0.354 e. The minimum absolute atomic E-state index is 0.132. The summed E-state index contributed by atoms with van der Waals surface area (Å²) in [4.78, 5) is 48.9. The van der Waals surface area contributed by atoms with E-state index in [1.54, 1.807) is 102 Å². The third-order valence-electron chi connectivity index (χ3n) is 17.9. The maximum Gasteiger partial charge on any atom is 0.354 e. The van der Waals surface area contributed by atoms with Crippen molar-refractivity contribution in [2.75, 3.05) is 69.1 Å². The average molecular weight is 1730 g/mol. The third kappa shape index (κ3) is 31.8. The van der Waals surface area contributed by atoms with E-state index >= 15 is 0 Å². The van der Waals surface area contributed by atoms with Crippen molar-refractivity contribution in [1.29, 1.82) is 0 Å². The van der Waals surface area contributed by atoms with Crippen molar-refractivity contribution in [2.24, 2.45) is 26.9 Å². The van der Waals surface area contributed by atoms with Gasteiger partial charge in [0, 0.05) is 94.3 Å². The number of nitrogens with one attached hydrogen (secondary N) is 2. The topological polar surface area (TPSA) is 288 Å². The fraction of sp³-hybridized carbons (Fsp3) is 0.396. The predicted octanol–water partition coefficient (Wildman–Crippen LogP) is 19.5. The molecule has 0 aliphatic rings. The average Bonchev–Trinajstić information content (AvgIpc) is 1.61. The van der Waals surface area contributed by atoms with Crippen molar-refractivity contribution in [1.82, 2.24) is 44.9 Å².